The zero-order valence-electron chi connectivity index (χ0n) is 14.2. The van der Waals surface area contributed by atoms with Crippen LogP contribution < -0.4 is 11.3 Å². The predicted molar refractivity (Wildman–Crippen MR) is 91.8 cm³/mol. The van der Waals surface area contributed by atoms with Crippen LogP contribution in [0.5, 0.6) is 0 Å². The fourth-order valence-corrected chi connectivity index (χ4v) is 3.50. The third-order valence-corrected chi connectivity index (χ3v) is 4.90. The van der Waals surface area contributed by atoms with E-state index in [1.54, 1.807) is 0 Å². The molecule has 2 aromatic heterocycles. The summed E-state index contributed by atoms with van der Waals surface area (Å²) < 4.78 is 6.77. The number of aromatic amines is 1. The van der Waals surface area contributed by atoms with Gasteiger partial charge in [0.15, 0.2) is 6.23 Å². The number of rotatable bonds is 3. The van der Waals surface area contributed by atoms with Gasteiger partial charge in [-0.2, -0.15) is 10.2 Å². The van der Waals surface area contributed by atoms with E-state index in [1.807, 2.05) is 0 Å². The van der Waals surface area contributed by atoms with E-state index in [4.69, 9.17) is 10.5 Å². The van der Waals surface area contributed by atoms with E-state index in [9.17, 15) is 24.9 Å². The number of primary amides is 1. The first-order chi connectivity index (χ1) is 12.8. The molecule has 1 saturated heterocycles. The molecule has 0 bridgehead atoms. The molecule has 1 amide bonds. The number of aliphatic hydroxyl groups excluding tert-OH is 2. The molecule has 0 spiro atoms. The number of hydrogen-bond acceptors (Lipinski definition) is 8. The van der Waals surface area contributed by atoms with Crippen molar-refractivity contribution in [2.45, 2.75) is 31.0 Å². The molecule has 0 radical (unpaired) electrons. The van der Waals surface area contributed by atoms with E-state index in [0.717, 1.165) is 0 Å². The van der Waals surface area contributed by atoms with Crippen LogP contribution in [0.1, 0.15) is 23.5 Å². The second kappa shape index (κ2) is 5.82. The highest BCUT2D eigenvalue weighted by Gasteiger charge is 2.53. The SMILES string of the molecule is C[C@@]1(O)[C@H](O)[C@@H](CO)O[C@H]1n1cc2c(C(N)=O)cc3c(=O)[nH]ncc(n1)c23. The molecular formula is C16H17N5O6. The summed E-state index contributed by atoms with van der Waals surface area (Å²) in [6.45, 7) is 0.843. The van der Waals surface area contributed by atoms with Gasteiger partial charge in [0.25, 0.3) is 5.56 Å². The van der Waals surface area contributed by atoms with Crippen molar-refractivity contribution in [3.05, 3.63) is 34.4 Å². The van der Waals surface area contributed by atoms with Crippen molar-refractivity contribution in [1.82, 2.24) is 20.0 Å². The lowest BCUT2D eigenvalue weighted by Crippen LogP contribution is -2.44. The van der Waals surface area contributed by atoms with Crippen molar-refractivity contribution in [1.29, 1.82) is 0 Å². The Hall–Kier alpha value is -2.86. The predicted octanol–water partition coefficient (Wildman–Crippen LogP) is -1.63. The molecular weight excluding hydrogens is 358 g/mol. The standard InChI is InChI=1S/C16H17N5O6/c1-16(26)12(23)10(5-22)27-15(16)21-4-8-6(13(17)24)2-7-11(8)9(20-21)3-18-19-14(7)25/h2-4,10,12,15,22-23,26H,5H2,1H3,(H2,17,24)(H,19,25)/t10-,12-,15-,16-/m1/s1. The van der Waals surface area contributed by atoms with Crippen molar-refractivity contribution in [3.8, 4) is 0 Å². The molecule has 3 heterocycles. The van der Waals surface area contributed by atoms with Gasteiger partial charge in [0.2, 0.25) is 5.91 Å². The average Bonchev–Trinajstić information content (AvgIpc) is 3.05. The molecule has 0 aliphatic carbocycles. The monoisotopic (exact) mass is 375 g/mol. The van der Waals surface area contributed by atoms with E-state index < -0.39 is 42.1 Å². The minimum atomic E-state index is -1.77. The number of nitrogens with two attached hydrogens (primary N) is 1. The zero-order valence-corrected chi connectivity index (χ0v) is 14.2. The number of carbonyl (C=O) groups is 1. The second-order valence-electron chi connectivity index (χ2n) is 6.70. The number of carbonyl (C=O) groups excluding carboxylic acids is 1. The lowest BCUT2D eigenvalue weighted by Gasteiger charge is -2.27. The molecule has 4 atom stereocenters. The van der Waals surface area contributed by atoms with Crippen LogP contribution >= 0.6 is 0 Å². The normalized spacial score (nSPS) is 28.2. The van der Waals surface area contributed by atoms with Crippen LogP contribution in [-0.4, -0.2) is 65.6 Å². The molecule has 4 rings (SSSR count). The van der Waals surface area contributed by atoms with Crippen molar-refractivity contribution >= 4 is 27.6 Å². The quantitative estimate of drug-likeness (QED) is 0.362. The second-order valence-corrected chi connectivity index (χ2v) is 6.70. The number of aliphatic hydroxyl groups is 3. The number of aromatic nitrogens is 4. The molecule has 142 valence electrons. The molecule has 11 nitrogen and oxygen atoms in total. The van der Waals surface area contributed by atoms with E-state index in [2.05, 4.69) is 15.3 Å². The average molecular weight is 375 g/mol. The van der Waals surface area contributed by atoms with E-state index in [-0.39, 0.29) is 16.5 Å². The highest BCUT2D eigenvalue weighted by atomic mass is 16.6. The van der Waals surface area contributed by atoms with E-state index in [1.165, 1.54) is 30.1 Å². The lowest BCUT2D eigenvalue weighted by molar-refractivity contribution is -0.102. The van der Waals surface area contributed by atoms with Gasteiger partial charge in [0.05, 0.1) is 18.2 Å². The highest BCUT2D eigenvalue weighted by Crippen LogP contribution is 2.39. The number of nitrogens with zero attached hydrogens (tertiary/aromatic N) is 3. The van der Waals surface area contributed by atoms with Gasteiger partial charge >= 0.3 is 0 Å². The topological polar surface area (TPSA) is 177 Å². The van der Waals surface area contributed by atoms with Crippen molar-refractivity contribution in [2.24, 2.45) is 5.73 Å². The summed E-state index contributed by atoms with van der Waals surface area (Å²) in [6, 6.07) is 1.35. The largest absolute Gasteiger partial charge is 0.394 e. The van der Waals surface area contributed by atoms with Gasteiger partial charge in [-0.25, -0.2) is 9.78 Å². The zero-order chi connectivity index (χ0) is 19.5. The van der Waals surface area contributed by atoms with Gasteiger partial charge < -0.3 is 25.8 Å². The van der Waals surface area contributed by atoms with Crippen LogP contribution in [0.2, 0.25) is 0 Å². The molecule has 1 aromatic carbocycles. The summed E-state index contributed by atoms with van der Waals surface area (Å²) in [5.74, 6) is -0.743. The summed E-state index contributed by atoms with van der Waals surface area (Å²) in [5, 5.41) is 41.5. The van der Waals surface area contributed by atoms with Gasteiger partial charge in [-0.1, -0.05) is 0 Å². The molecule has 3 aromatic rings. The van der Waals surface area contributed by atoms with Crippen LogP contribution in [0.3, 0.4) is 0 Å². The van der Waals surface area contributed by atoms with Crippen LogP contribution in [0.25, 0.3) is 21.7 Å². The summed E-state index contributed by atoms with van der Waals surface area (Å²) in [7, 11) is 0. The lowest BCUT2D eigenvalue weighted by atomic mass is 9.97. The first kappa shape index (κ1) is 17.5. The van der Waals surface area contributed by atoms with Gasteiger partial charge in [-0.05, 0) is 13.0 Å². The Labute approximate surface area is 151 Å². The number of hydrogen-bond donors (Lipinski definition) is 5. The molecule has 0 unspecified atom stereocenters. The van der Waals surface area contributed by atoms with Crippen molar-refractivity contribution in [3.63, 3.8) is 0 Å². The smallest absolute Gasteiger partial charge is 0.272 e. The summed E-state index contributed by atoms with van der Waals surface area (Å²) >= 11 is 0. The fraction of sp³-hybridized carbons (Fsp3) is 0.375. The van der Waals surface area contributed by atoms with Gasteiger partial charge in [0, 0.05) is 22.5 Å². The van der Waals surface area contributed by atoms with E-state index >= 15 is 0 Å². The summed E-state index contributed by atoms with van der Waals surface area (Å²) in [6.07, 6.45) is -0.844. The Morgan fingerprint density at radius 2 is 2.22 bits per heavy atom. The summed E-state index contributed by atoms with van der Waals surface area (Å²) in [4.78, 5) is 24.0. The maximum atomic E-state index is 12.2. The number of ether oxygens (including phenoxy) is 1. The first-order valence-electron chi connectivity index (χ1n) is 8.11. The van der Waals surface area contributed by atoms with Crippen LogP contribution in [0.4, 0.5) is 0 Å². The Bertz CT molecular complexity index is 1120. The summed E-state index contributed by atoms with van der Waals surface area (Å²) in [5.41, 5.74) is 3.49. The van der Waals surface area contributed by atoms with Crippen LogP contribution in [0, 0.1) is 0 Å². The maximum absolute atomic E-state index is 12.2. The highest BCUT2D eigenvalue weighted by molar-refractivity contribution is 6.18. The minimum absolute atomic E-state index is 0.0970. The Kier molecular flexibility index (Phi) is 3.78. The third-order valence-electron chi connectivity index (χ3n) is 4.90. The Morgan fingerprint density at radius 3 is 2.85 bits per heavy atom. The molecule has 1 aliphatic heterocycles. The number of H-pyrrole nitrogens is 1. The molecule has 11 heteroatoms. The molecule has 6 N–H and O–H groups in total. The maximum Gasteiger partial charge on any atom is 0.272 e. The van der Waals surface area contributed by atoms with Crippen molar-refractivity contribution < 1.29 is 24.9 Å². The molecule has 27 heavy (non-hydrogen) atoms. The fourth-order valence-electron chi connectivity index (χ4n) is 3.50. The Morgan fingerprint density at radius 1 is 1.48 bits per heavy atom. The molecule has 0 saturated carbocycles. The van der Waals surface area contributed by atoms with Crippen molar-refractivity contribution in [2.75, 3.05) is 6.61 Å². The first-order valence-corrected chi connectivity index (χ1v) is 8.11. The van der Waals surface area contributed by atoms with Crippen LogP contribution in [-0.2, 0) is 4.74 Å². The number of amides is 1. The van der Waals surface area contributed by atoms with E-state index in [0.29, 0.717) is 10.8 Å². The number of nitrogens with one attached hydrogen (secondary N) is 1. The molecule has 1 aliphatic rings. The van der Waals surface area contributed by atoms with Gasteiger partial charge in [0.1, 0.15) is 23.3 Å². The van der Waals surface area contributed by atoms with Gasteiger partial charge in [-0.3, -0.25) is 9.59 Å². The molecule has 1 fully saturated rings. The minimum Gasteiger partial charge on any atom is -0.394 e. The van der Waals surface area contributed by atoms with Gasteiger partial charge in [-0.15, -0.1) is 0 Å². The Balaban J connectivity index is 2.02. The van der Waals surface area contributed by atoms with Crippen LogP contribution in [0.15, 0.2) is 23.3 Å². The third kappa shape index (κ3) is 2.44.